The van der Waals surface area contributed by atoms with Crippen LogP contribution in [0.25, 0.3) is 0 Å². The highest BCUT2D eigenvalue weighted by molar-refractivity contribution is 5.26. The maximum absolute atomic E-state index is 5.11. The maximum Gasteiger partial charge on any atom is 0.226 e. The average Bonchev–Trinajstić information content (AvgIpc) is 2.33. The highest BCUT2D eigenvalue weighted by atomic mass is 16.5. The van der Waals surface area contributed by atoms with Crippen molar-refractivity contribution in [2.24, 2.45) is 0 Å². The minimum atomic E-state index is 0.987. The van der Waals surface area contributed by atoms with E-state index in [4.69, 9.17) is 4.74 Å². The number of allylic oxidation sites excluding steroid dienone is 3. The van der Waals surface area contributed by atoms with Gasteiger partial charge in [-0.15, -0.1) is 0 Å². The summed E-state index contributed by atoms with van der Waals surface area (Å²) in [4.78, 5) is 0. The molecule has 0 atom stereocenters. The number of hydrogen-bond donors (Lipinski definition) is 1. The van der Waals surface area contributed by atoms with E-state index >= 15 is 0 Å². The molecule has 2 heteroatoms. The van der Waals surface area contributed by atoms with Crippen molar-refractivity contribution in [3.05, 3.63) is 30.3 Å². The van der Waals surface area contributed by atoms with Crippen LogP contribution in [-0.2, 0) is 4.74 Å². The minimum Gasteiger partial charge on any atom is -0.463 e. The Hall–Kier alpha value is -0.920. The fourth-order valence-electron chi connectivity index (χ4n) is 1.06. The van der Waals surface area contributed by atoms with Gasteiger partial charge < -0.3 is 10.1 Å². The molecule has 9 heavy (non-hydrogen) atoms. The number of nitrogens with one attached hydrogen (secondary N) is 1. The zero-order valence-corrected chi connectivity index (χ0v) is 5.05. The molecule has 0 aromatic heterocycles. The van der Waals surface area contributed by atoms with Crippen LogP contribution in [0.2, 0.25) is 0 Å². The average molecular weight is 122 g/mol. The number of hydrogen-bond acceptors (Lipinski definition) is 2. The molecule has 0 saturated heterocycles. The molecule has 0 aromatic carbocycles. The summed E-state index contributed by atoms with van der Waals surface area (Å²) in [5.41, 5.74) is 1.22. The molecule has 0 spiro atoms. The molecule has 1 N–H and O–H groups in total. The summed E-state index contributed by atoms with van der Waals surface area (Å²) in [6.07, 6.45) is 6.35. The van der Waals surface area contributed by atoms with E-state index < -0.39 is 0 Å². The normalized spacial score (nSPS) is 23.1. The monoisotopic (exact) mass is 122 g/mol. The summed E-state index contributed by atoms with van der Waals surface area (Å²) >= 11 is 0. The van der Waals surface area contributed by atoms with Gasteiger partial charge in [-0.3, -0.25) is 0 Å². The lowest BCUT2D eigenvalue weighted by Gasteiger charge is -2.03. The quantitative estimate of drug-likeness (QED) is 0.522. The second kappa shape index (κ2) is 1.79. The van der Waals surface area contributed by atoms with Crippen molar-refractivity contribution in [1.82, 2.24) is 5.32 Å². The summed E-state index contributed by atoms with van der Waals surface area (Å²) in [7, 11) is 0. The Morgan fingerprint density at radius 1 is 1.56 bits per heavy atom. The van der Waals surface area contributed by atoms with Gasteiger partial charge in [0.15, 0.2) is 0 Å². The molecule has 2 nitrogen and oxygen atoms in total. The molecule has 2 rings (SSSR count). The molecule has 0 fully saturated rings. The van der Waals surface area contributed by atoms with Crippen LogP contribution in [0.15, 0.2) is 23.6 Å². The molecule has 1 radical (unpaired) electrons. The lowest BCUT2D eigenvalue weighted by molar-refractivity contribution is 0.317. The molecule has 1 aliphatic carbocycles. The predicted octanol–water partition coefficient (Wildman–Crippen LogP) is 1.29. The number of rotatable bonds is 0. The van der Waals surface area contributed by atoms with Crippen molar-refractivity contribution < 1.29 is 4.74 Å². The van der Waals surface area contributed by atoms with E-state index in [2.05, 4.69) is 11.4 Å². The van der Waals surface area contributed by atoms with Gasteiger partial charge in [0.05, 0.1) is 5.70 Å². The summed E-state index contributed by atoms with van der Waals surface area (Å²) in [5.74, 6) is 0.987. The van der Waals surface area contributed by atoms with Crippen LogP contribution in [0.5, 0.6) is 0 Å². The van der Waals surface area contributed by atoms with E-state index in [0.717, 1.165) is 18.6 Å². The zero-order valence-electron chi connectivity index (χ0n) is 5.05. The molecule has 2 aliphatic rings. The Bertz CT molecular complexity index is 181. The van der Waals surface area contributed by atoms with Gasteiger partial charge in [0.25, 0.3) is 0 Å². The smallest absolute Gasteiger partial charge is 0.226 e. The second-order valence-corrected chi connectivity index (χ2v) is 2.16. The van der Waals surface area contributed by atoms with E-state index in [1.54, 1.807) is 6.73 Å². The Labute approximate surface area is 54.2 Å². The van der Waals surface area contributed by atoms with Crippen LogP contribution >= 0.6 is 0 Å². The molecular formula is C7H8NO. The van der Waals surface area contributed by atoms with Crippen molar-refractivity contribution in [3.63, 3.8) is 0 Å². The molecule has 0 amide bonds. The molecule has 0 saturated carbocycles. The maximum atomic E-state index is 5.11. The summed E-state index contributed by atoms with van der Waals surface area (Å²) < 4.78 is 5.11. The number of ether oxygens (including phenoxy) is 1. The minimum absolute atomic E-state index is 0.987. The lowest BCUT2D eigenvalue weighted by atomic mass is 10.1. The molecule has 1 aliphatic heterocycles. The van der Waals surface area contributed by atoms with Crippen molar-refractivity contribution in [1.29, 1.82) is 0 Å². The highest BCUT2D eigenvalue weighted by Gasteiger charge is 2.14. The van der Waals surface area contributed by atoms with Gasteiger partial charge in [-0.25, -0.2) is 0 Å². The fraction of sp³-hybridized carbons (Fsp3) is 0.286. The molecule has 1 heterocycles. The highest BCUT2D eigenvalue weighted by Crippen LogP contribution is 2.22. The topological polar surface area (TPSA) is 21.3 Å². The van der Waals surface area contributed by atoms with Crippen LogP contribution in [0.4, 0.5) is 0 Å². The van der Waals surface area contributed by atoms with Gasteiger partial charge in [0.1, 0.15) is 5.76 Å². The summed E-state index contributed by atoms with van der Waals surface area (Å²) in [5, 5.41) is 3.04. The van der Waals surface area contributed by atoms with Crippen molar-refractivity contribution in [2.45, 2.75) is 12.8 Å². The third-order valence-electron chi connectivity index (χ3n) is 1.55. The van der Waals surface area contributed by atoms with E-state index in [0.29, 0.717) is 0 Å². The standard InChI is InChI=1S/C7H8NO/c1-2-4-7-6(3-1)8-5-9-7/h2,4-5,8H,1,3H2. The largest absolute Gasteiger partial charge is 0.463 e. The van der Waals surface area contributed by atoms with E-state index in [1.165, 1.54) is 5.70 Å². The Balaban J connectivity index is 2.28. The van der Waals surface area contributed by atoms with Crippen molar-refractivity contribution in [3.8, 4) is 0 Å². The lowest BCUT2D eigenvalue weighted by Crippen LogP contribution is -2.03. The van der Waals surface area contributed by atoms with Gasteiger partial charge in [-0.05, 0) is 18.9 Å². The molecule has 0 unspecified atom stereocenters. The van der Waals surface area contributed by atoms with Crippen LogP contribution in [0.3, 0.4) is 0 Å². The van der Waals surface area contributed by atoms with E-state index in [-0.39, 0.29) is 0 Å². The van der Waals surface area contributed by atoms with Crippen LogP contribution < -0.4 is 5.32 Å². The van der Waals surface area contributed by atoms with Gasteiger partial charge in [0, 0.05) is 0 Å². The van der Waals surface area contributed by atoms with Crippen molar-refractivity contribution >= 4 is 0 Å². The molecular weight excluding hydrogens is 114 g/mol. The SMILES string of the molecule is [CH]1NC2=C(C=CCC2)O1. The third-order valence-corrected chi connectivity index (χ3v) is 1.55. The first-order chi connectivity index (χ1) is 4.47. The molecule has 0 bridgehead atoms. The molecule has 0 aromatic rings. The van der Waals surface area contributed by atoms with E-state index in [1.807, 2.05) is 6.08 Å². The molecule has 47 valence electrons. The van der Waals surface area contributed by atoms with Crippen molar-refractivity contribution in [2.75, 3.05) is 0 Å². The first-order valence-electron chi connectivity index (χ1n) is 3.11. The summed E-state index contributed by atoms with van der Waals surface area (Å²) in [6, 6.07) is 0. The van der Waals surface area contributed by atoms with Crippen LogP contribution in [-0.4, -0.2) is 0 Å². The Kier molecular flexibility index (Phi) is 0.979. The second-order valence-electron chi connectivity index (χ2n) is 2.16. The fourth-order valence-corrected chi connectivity index (χ4v) is 1.06. The van der Waals surface area contributed by atoms with E-state index in [9.17, 15) is 0 Å². The third kappa shape index (κ3) is 0.707. The van der Waals surface area contributed by atoms with Gasteiger partial charge >= 0.3 is 0 Å². The van der Waals surface area contributed by atoms with Gasteiger partial charge in [-0.2, -0.15) is 0 Å². The van der Waals surface area contributed by atoms with Gasteiger partial charge in [-0.1, -0.05) is 6.08 Å². The zero-order chi connectivity index (χ0) is 6.10. The van der Waals surface area contributed by atoms with Crippen LogP contribution in [0, 0.1) is 6.73 Å². The Morgan fingerprint density at radius 2 is 2.56 bits per heavy atom. The van der Waals surface area contributed by atoms with Crippen LogP contribution in [0.1, 0.15) is 12.8 Å². The van der Waals surface area contributed by atoms with Gasteiger partial charge in [0.2, 0.25) is 6.73 Å². The predicted molar refractivity (Wildman–Crippen MR) is 33.9 cm³/mol. The summed E-state index contributed by atoms with van der Waals surface area (Å²) in [6.45, 7) is 1.63. The first-order valence-corrected chi connectivity index (χ1v) is 3.11. The Morgan fingerprint density at radius 3 is 3.44 bits per heavy atom. The first kappa shape index (κ1) is 4.91.